The highest BCUT2D eigenvalue weighted by molar-refractivity contribution is 5.85. The van der Waals surface area contributed by atoms with Gasteiger partial charge in [-0.05, 0) is 12.8 Å². The lowest BCUT2D eigenvalue weighted by atomic mass is 10.1. The van der Waals surface area contributed by atoms with Crippen LogP contribution in [0.25, 0.3) is 0 Å². The molecule has 0 saturated heterocycles. The van der Waals surface area contributed by atoms with E-state index in [1.165, 1.54) is 19.3 Å². The zero-order chi connectivity index (χ0) is 8.53. The van der Waals surface area contributed by atoms with Crippen molar-refractivity contribution in [3.05, 3.63) is 0 Å². The van der Waals surface area contributed by atoms with E-state index in [0.717, 1.165) is 25.7 Å². The van der Waals surface area contributed by atoms with Crippen LogP contribution in [0.3, 0.4) is 0 Å². The number of halogens is 2. The largest absolute Gasteiger partial charge is 0.300 e. The lowest BCUT2D eigenvalue weighted by Gasteiger charge is -1.97. The normalized spacial score (nSPS) is 8.46. The summed E-state index contributed by atoms with van der Waals surface area (Å²) >= 11 is 0. The molecule has 0 atom stereocenters. The first-order valence-electron chi connectivity index (χ1n) is 4.83. The van der Waals surface area contributed by atoms with E-state index in [1.54, 1.807) is 0 Å². The summed E-state index contributed by atoms with van der Waals surface area (Å²) in [6.07, 6.45) is 7.46. The number of carbonyl (C=O) groups is 1. The first-order chi connectivity index (χ1) is 5.31. The van der Waals surface area contributed by atoms with Crippen LogP contribution in [0.5, 0.6) is 0 Å². The molecule has 0 fully saturated rings. The van der Waals surface area contributed by atoms with Gasteiger partial charge in [-0.2, -0.15) is 0 Å². The number of hydrogen-bond donors (Lipinski definition) is 0. The van der Waals surface area contributed by atoms with Gasteiger partial charge in [0.25, 0.3) is 0 Å². The Balaban J connectivity index is -0.000000500. The van der Waals surface area contributed by atoms with Crippen molar-refractivity contribution in [2.75, 3.05) is 0 Å². The summed E-state index contributed by atoms with van der Waals surface area (Å²) in [7, 11) is 0. The highest BCUT2D eigenvalue weighted by Crippen LogP contribution is 2.04. The molecule has 3 heteroatoms. The predicted octanol–water partition coefficient (Wildman–Crippen LogP) is 4.17. The zero-order valence-electron chi connectivity index (χ0n) is 8.67. The van der Waals surface area contributed by atoms with Crippen LogP contribution in [0.1, 0.15) is 58.8 Å². The van der Waals surface area contributed by atoms with Crippen molar-refractivity contribution in [1.82, 2.24) is 0 Å². The van der Waals surface area contributed by atoms with Gasteiger partial charge in [0.05, 0.1) is 0 Å². The molecule has 0 radical (unpaired) electrons. The predicted molar refractivity (Wildman–Crippen MR) is 63.2 cm³/mol. The first kappa shape index (κ1) is 18.9. The molecular formula is C10H22Cl2O. The SMILES string of the molecule is CCCCCCC(=O)CCC.Cl.Cl. The maximum atomic E-state index is 11.0. The van der Waals surface area contributed by atoms with E-state index in [0.29, 0.717) is 5.78 Å². The van der Waals surface area contributed by atoms with Gasteiger partial charge in [0.15, 0.2) is 0 Å². The van der Waals surface area contributed by atoms with Gasteiger partial charge in [0.1, 0.15) is 5.78 Å². The zero-order valence-corrected chi connectivity index (χ0v) is 10.3. The first-order valence-corrected chi connectivity index (χ1v) is 4.83. The van der Waals surface area contributed by atoms with Gasteiger partial charge < -0.3 is 0 Å². The van der Waals surface area contributed by atoms with Crippen LogP contribution < -0.4 is 0 Å². The molecule has 0 amide bonds. The molecule has 0 unspecified atom stereocenters. The third kappa shape index (κ3) is 15.0. The number of rotatable bonds is 7. The van der Waals surface area contributed by atoms with Crippen molar-refractivity contribution in [2.24, 2.45) is 0 Å². The van der Waals surface area contributed by atoms with Crippen molar-refractivity contribution < 1.29 is 4.79 Å². The molecule has 0 heterocycles. The molecule has 0 saturated carbocycles. The minimum absolute atomic E-state index is 0. The van der Waals surface area contributed by atoms with Gasteiger partial charge in [-0.25, -0.2) is 0 Å². The highest BCUT2D eigenvalue weighted by atomic mass is 35.5. The summed E-state index contributed by atoms with van der Waals surface area (Å²) < 4.78 is 0. The maximum Gasteiger partial charge on any atom is 0.132 e. The van der Waals surface area contributed by atoms with Crippen molar-refractivity contribution in [2.45, 2.75) is 58.8 Å². The number of ketones is 1. The van der Waals surface area contributed by atoms with E-state index in [1.807, 2.05) is 0 Å². The molecule has 0 rings (SSSR count). The van der Waals surface area contributed by atoms with Crippen molar-refractivity contribution in [1.29, 1.82) is 0 Å². The summed E-state index contributed by atoms with van der Waals surface area (Å²) in [4.78, 5) is 11.0. The molecule has 0 aliphatic heterocycles. The Kier molecular flexibility index (Phi) is 21.5. The van der Waals surface area contributed by atoms with Crippen LogP contribution in [0.2, 0.25) is 0 Å². The molecule has 82 valence electrons. The third-order valence-electron chi connectivity index (χ3n) is 1.84. The average molecular weight is 229 g/mol. The molecule has 0 aliphatic carbocycles. The van der Waals surface area contributed by atoms with Gasteiger partial charge in [-0.15, -0.1) is 24.8 Å². The van der Waals surface area contributed by atoms with Crippen molar-refractivity contribution >= 4 is 30.6 Å². The Morgan fingerprint density at radius 3 is 1.92 bits per heavy atom. The number of hydrogen-bond acceptors (Lipinski definition) is 1. The fraction of sp³-hybridized carbons (Fsp3) is 0.900. The van der Waals surface area contributed by atoms with Gasteiger partial charge in [0.2, 0.25) is 0 Å². The molecule has 0 aromatic carbocycles. The van der Waals surface area contributed by atoms with Gasteiger partial charge >= 0.3 is 0 Å². The van der Waals surface area contributed by atoms with Crippen LogP contribution in [-0.4, -0.2) is 5.78 Å². The van der Waals surface area contributed by atoms with Crippen LogP contribution in [0.4, 0.5) is 0 Å². The number of carbonyl (C=O) groups excluding carboxylic acids is 1. The average Bonchev–Trinajstić information content (AvgIpc) is 1.99. The summed E-state index contributed by atoms with van der Waals surface area (Å²) in [6.45, 7) is 4.25. The van der Waals surface area contributed by atoms with Crippen molar-refractivity contribution in [3.8, 4) is 0 Å². The Morgan fingerprint density at radius 2 is 1.46 bits per heavy atom. The Bertz CT molecular complexity index is 105. The summed E-state index contributed by atoms with van der Waals surface area (Å²) in [5.74, 6) is 0.448. The van der Waals surface area contributed by atoms with Crippen LogP contribution in [-0.2, 0) is 4.79 Å². The Morgan fingerprint density at radius 1 is 0.846 bits per heavy atom. The topological polar surface area (TPSA) is 17.1 Å². The molecular weight excluding hydrogens is 207 g/mol. The quantitative estimate of drug-likeness (QED) is 0.599. The molecule has 0 spiro atoms. The molecule has 0 aliphatic rings. The second-order valence-corrected chi connectivity index (χ2v) is 3.10. The fourth-order valence-corrected chi connectivity index (χ4v) is 1.15. The maximum absolute atomic E-state index is 11.0. The monoisotopic (exact) mass is 228 g/mol. The molecule has 0 N–H and O–H groups in total. The standard InChI is InChI=1S/C10H20O.2ClH/c1-3-5-6-7-9-10(11)8-4-2;;/h3-9H2,1-2H3;2*1H. The summed E-state index contributed by atoms with van der Waals surface area (Å²) in [6, 6.07) is 0. The van der Waals surface area contributed by atoms with Crippen molar-refractivity contribution in [3.63, 3.8) is 0 Å². The number of unbranched alkanes of at least 4 members (excludes halogenated alkanes) is 3. The van der Waals surface area contributed by atoms with E-state index in [9.17, 15) is 4.79 Å². The molecule has 1 nitrogen and oxygen atoms in total. The molecule has 13 heavy (non-hydrogen) atoms. The van der Waals surface area contributed by atoms with Crippen LogP contribution in [0, 0.1) is 0 Å². The fourth-order valence-electron chi connectivity index (χ4n) is 1.15. The second-order valence-electron chi connectivity index (χ2n) is 3.10. The highest BCUT2D eigenvalue weighted by Gasteiger charge is 1.98. The minimum atomic E-state index is 0. The smallest absolute Gasteiger partial charge is 0.132 e. The molecule has 0 bridgehead atoms. The van der Waals surface area contributed by atoms with E-state index in [-0.39, 0.29) is 24.8 Å². The molecule has 0 aromatic rings. The Hall–Kier alpha value is 0.250. The minimum Gasteiger partial charge on any atom is -0.300 e. The summed E-state index contributed by atoms with van der Waals surface area (Å²) in [5.41, 5.74) is 0. The van der Waals surface area contributed by atoms with Gasteiger partial charge in [-0.1, -0.05) is 33.1 Å². The van der Waals surface area contributed by atoms with E-state index in [2.05, 4.69) is 13.8 Å². The van der Waals surface area contributed by atoms with Crippen LogP contribution >= 0.6 is 24.8 Å². The van der Waals surface area contributed by atoms with E-state index in [4.69, 9.17) is 0 Å². The van der Waals surface area contributed by atoms with Crippen LogP contribution in [0.15, 0.2) is 0 Å². The summed E-state index contributed by atoms with van der Waals surface area (Å²) in [5, 5.41) is 0. The Labute approximate surface area is 94.5 Å². The van der Waals surface area contributed by atoms with E-state index >= 15 is 0 Å². The lowest BCUT2D eigenvalue weighted by molar-refractivity contribution is -0.119. The van der Waals surface area contributed by atoms with E-state index < -0.39 is 0 Å². The lowest BCUT2D eigenvalue weighted by Crippen LogP contribution is -1.95. The molecule has 0 aromatic heterocycles. The third-order valence-corrected chi connectivity index (χ3v) is 1.84. The number of Topliss-reactive ketones (excluding diaryl/α,β-unsaturated/α-hetero) is 1. The van der Waals surface area contributed by atoms with Gasteiger partial charge in [-0.3, -0.25) is 4.79 Å². The second kappa shape index (κ2) is 14.8. The van der Waals surface area contributed by atoms with Gasteiger partial charge in [0, 0.05) is 12.8 Å².